The van der Waals surface area contributed by atoms with E-state index >= 15 is 0 Å². The van der Waals surface area contributed by atoms with Gasteiger partial charge in [0, 0.05) is 5.92 Å². The number of aliphatic carboxylic acids is 3. The summed E-state index contributed by atoms with van der Waals surface area (Å²) in [5.74, 6) is -4.47. The Labute approximate surface area is 344 Å². The van der Waals surface area contributed by atoms with Gasteiger partial charge in [-0.25, -0.2) is 9.59 Å². The van der Waals surface area contributed by atoms with Crippen LogP contribution in [-0.4, -0.2) is 132 Å². The Bertz CT molecular complexity index is 1740. The van der Waals surface area contributed by atoms with E-state index in [4.69, 9.17) is 18.9 Å². The predicted molar refractivity (Wildman–Crippen MR) is 204 cm³/mol. The van der Waals surface area contributed by atoms with Crippen LogP contribution in [-0.2, 0) is 38.1 Å². The minimum atomic E-state index is -2.05. The first-order valence-corrected chi connectivity index (χ1v) is 20.7. The second-order valence-corrected chi connectivity index (χ2v) is 20.6. The van der Waals surface area contributed by atoms with Gasteiger partial charge < -0.3 is 66.0 Å². The molecule has 7 aliphatic rings. The second-order valence-electron chi connectivity index (χ2n) is 20.6. The quantitative estimate of drug-likeness (QED) is 0.166. The first-order chi connectivity index (χ1) is 26.8. The minimum absolute atomic E-state index is 0. The zero-order valence-electron chi connectivity index (χ0n) is 35.1. The number of carbonyl (C=O) groups excluding carboxylic acids is 1. The summed E-state index contributed by atoms with van der Waals surface area (Å²) in [5.41, 5.74) is -1.81. The maximum absolute atomic E-state index is 14.8. The summed E-state index contributed by atoms with van der Waals surface area (Å²) in [5, 5.41) is 83.0. The molecule has 17 nitrogen and oxygen atoms in total. The van der Waals surface area contributed by atoms with Crippen molar-refractivity contribution in [3.8, 4) is 0 Å². The van der Waals surface area contributed by atoms with Crippen LogP contribution >= 0.6 is 0 Å². The molecule has 0 bridgehead atoms. The molecule has 0 amide bonds. The van der Waals surface area contributed by atoms with E-state index in [1.165, 1.54) is 0 Å². The maximum Gasteiger partial charge on any atom is 0.335 e. The zero-order valence-corrected chi connectivity index (χ0v) is 35.1. The fourth-order valence-electron chi connectivity index (χ4n) is 13.4. The van der Waals surface area contributed by atoms with E-state index in [0.29, 0.717) is 25.7 Å². The number of carbonyl (C=O) groups is 4. The molecule has 334 valence electrons. The van der Waals surface area contributed by atoms with E-state index in [1.54, 1.807) is 0 Å². The van der Waals surface area contributed by atoms with Crippen LogP contribution in [0.25, 0.3) is 0 Å². The fraction of sp³-hybridized carbons (Fsp3) is 0.857. The van der Waals surface area contributed by atoms with E-state index in [9.17, 15) is 60.0 Å². The number of ketones is 1. The highest BCUT2D eigenvalue weighted by Gasteiger charge is 2.71. The van der Waals surface area contributed by atoms with E-state index in [0.717, 1.165) is 37.7 Å². The number of aliphatic hydroxyl groups excluding tert-OH is 5. The van der Waals surface area contributed by atoms with Crippen LogP contribution in [0.3, 0.4) is 0 Å². The topological polar surface area (TPSA) is 302 Å². The molecule has 2 heterocycles. The lowest BCUT2D eigenvalue weighted by Crippen LogP contribution is -2.68. The summed E-state index contributed by atoms with van der Waals surface area (Å²) in [6, 6.07) is 0. The molecule has 11 N–H and O–H groups in total. The summed E-state index contributed by atoms with van der Waals surface area (Å²) < 4.78 is 23.4. The van der Waals surface area contributed by atoms with Gasteiger partial charge in [0.1, 0.15) is 36.6 Å². The number of carboxylic acids is 3. The van der Waals surface area contributed by atoms with Crippen LogP contribution in [0.2, 0.25) is 0 Å². The lowest BCUT2D eigenvalue weighted by atomic mass is 9.33. The third kappa shape index (κ3) is 6.72. The summed E-state index contributed by atoms with van der Waals surface area (Å²) in [7, 11) is 0. The summed E-state index contributed by atoms with van der Waals surface area (Å²) in [4.78, 5) is 51.3. The van der Waals surface area contributed by atoms with Gasteiger partial charge in [-0.1, -0.05) is 47.1 Å². The average Bonchev–Trinajstić information content (AvgIpc) is 3.13. The number of aliphatic hydroxyl groups is 5. The van der Waals surface area contributed by atoms with Crippen LogP contribution in [0.1, 0.15) is 106 Å². The Hall–Kier alpha value is -2.58. The molecule has 2 saturated heterocycles. The Morgan fingerprint density at radius 1 is 0.695 bits per heavy atom. The molecule has 6 fully saturated rings. The van der Waals surface area contributed by atoms with Crippen LogP contribution in [0.4, 0.5) is 0 Å². The zero-order chi connectivity index (χ0) is 42.9. The molecule has 0 spiro atoms. The average molecular weight is 840 g/mol. The Kier molecular flexibility index (Phi) is 11.7. The summed E-state index contributed by atoms with van der Waals surface area (Å²) >= 11 is 0. The molecule has 17 heteroatoms. The lowest BCUT2D eigenvalue weighted by Gasteiger charge is -2.70. The predicted octanol–water partition coefficient (Wildman–Crippen LogP) is 2.41. The molecule has 0 radical (unpaired) electrons. The molecule has 5 aliphatic carbocycles. The van der Waals surface area contributed by atoms with E-state index < -0.39 is 107 Å². The van der Waals surface area contributed by atoms with Crippen LogP contribution in [0.15, 0.2) is 11.6 Å². The first-order valence-electron chi connectivity index (χ1n) is 20.7. The molecular weight excluding hydrogens is 774 g/mol. The van der Waals surface area contributed by atoms with Crippen molar-refractivity contribution in [1.82, 2.24) is 6.15 Å². The van der Waals surface area contributed by atoms with Crippen molar-refractivity contribution in [2.24, 2.45) is 50.2 Å². The van der Waals surface area contributed by atoms with Crippen LogP contribution < -0.4 is 6.15 Å². The number of hydrogen-bond acceptors (Lipinski definition) is 14. The van der Waals surface area contributed by atoms with Crippen molar-refractivity contribution in [3.05, 3.63) is 11.6 Å². The third-order valence-electron chi connectivity index (χ3n) is 17.2. The van der Waals surface area contributed by atoms with Gasteiger partial charge in [0.2, 0.25) is 0 Å². The molecule has 0 aromatic carbocycles. The molecule has 19 atom stereocenters. The molecule has 0 aromatic rings. The highest BCUT2D eigenvalue weighted by Crippen LogP contribution is 2.75. The number of rotatable bonds is 7. The normalized spacial score (nSPS) is 51.7. The smallest absolute Gasteiger partial charge is 0.335 e. The second kappa shape index (κ2) is 15.1. The van der Waals surface area contributed by atoms with Gasteiger partial charge >= 0.3 is 17.9 Å². The largest absolute Gasteiger partial charge is 0.481 e. The number of fused-ring (bicyclic) bond motifs is 7. The Balaban J connectivity index is 0.00000585. The monoisotopic (exact) mass is 839 g/mol. The number of hydrogen-bond donors (Lipinski definition) is 9. The SMILES string of the molecule is CC1(C)C(O[C@H]2OC(C(=O)O)C(O)C(O)C2O[C@@H]2OC(C(=O)O)C(O)C(O)C2O)CC[C@@]2(C)[C@H]3C(=O)C=C4[C@@H]5C[C@@](C)(C(=O)O)CC[C@]5(C)CC[C@@]4(C)[C@]3(C)CC[C@@H]12.N. The third-order valence-corrected chi connectivity index (χ3v) is 17.2. The van der Waals surface area contributed by atoms with E-state index in [-0.39, 0.29) is 40.5 Å². The molecule has 0 aromatic heterocycles. The van der Waals surface area contributed by atoms with Crippen LogP contribution in [0.5, 0.6) is 0 Å². The highest BCUT2D eigenvalue weighted by atomic mass is 16.8. The van der Waals surface area contributed by atoms with Gasteiger partial charge in [-0.2, -0.15) is 0 Å². The molecule has 7 rings (SSSR count). The van der Waals surface area contributed by atoms with Crippen molar-refractivity contribution >= 4 is 23.7 Å². The van der Waals surface area contributed by atoms with Gasteiger partial charge in [0.05, 0.1) is 11.5 Å². The van der Waals surface area contributed by atoms with Gasteiger partial charge in [-0.15, -0.1) is 0 Å². The van der Waals surface area contributed by atoms with Gasteiger partial charge in [-0.05, 0) is 110 Å². The van der Waals surface area contributed by atoms with Gasteiger partial charge in [0.25, 0.3) is 0 Å². The van der Waals surface area contributed by atoms with E-state index in [2.05, 4.69) is 27.7 Å². The summed E-state index contributed by atoms with van der Waals surface area (Å²) in [6.45, 7) is 14.8. The standard InChI is InChI=1S/C42H62O16.H3N/c1-37(2)21-8-11-42(7)31(20(43)16-18-19-17-39(4,36(53)54)13-12-38(19,3)14-15-41(18,42)6)40(21,5)10-9-22(37)55-35-30(26(47)25(46)29(57-35)33(51)52)58-34-27(48)23(44)24(45)28(56-34)32(49)50;/h16,19,21-31,34-35,44-48H,8-15,17H2,1-7H3,(H,49,50)(H,51,52)(H,53,54);1H3/t19-,21-,22?,23?,24?,25?,26?,27?,28?,29?,30?,31+,34-,35-,38+,39-,40+,41+,42+;/m0./s1. The fourth-order valence-corrected chi connectivity index (χ4v) is 13.4. The maximum atomic E-state index is 14.8. The van der Waals surface area contributed by atoms with Crippen molar-refractivity contribution < 1.29 is 79.0 Å². The molecular formula is C42H65NO16. The van der Waals surface area contributed by atoms with E-state index in [1.807, 2.05) is 26.8 Å². The molecule has 9 unspecified atom stereocenters. The highest BCUT2D eigenvalue weighted by molar-refractivity contribution is 5.95. The molecule has 59 heavy (non-hydrogen) atoms. The van der Waals surface area contributed by atoms with Gasteiger partial charge in [-0.3, -0.25) is 9.59 Å². The van der Waals surface area contributed by atoms with Crippen molar-refractivity contribution in [2.45, 2.75) is 174 Å². The number of ether oxygens (including phenoxy) is 4. The first kappa shape index (κ1) is 45.9. The Morgan fingerprint density at radius 3 is 1.86 bits per heavy atom. The lowest BCUT2D eigenvalue weighted by molar-refractivity contribution is -0.371. The van der Waals surface area contributed by atoms with Crippen LogP contribution in [0, 0.1) is 50.2 Å². The van der Waals surface area contributed by atoms with Crippen molar-refractivity contribution in [1.29, 1.82) is 0 Å². The number of carboxylic acid groups (broad SMARTS) is 3. The molecule has 2 aliphatic heterocycles. The molecule has 4 saturated carbocycles. The van der Waals surface area contributed by atoms with Gasteiger partial charge in [0.15, 0.2) is 30.6 Å². The summed E-state index contributed by atoms with van der Waals surface area (Å²) in [6.07, 6.45) is -12.2. The van der Waals surface area contributed by atoms with Crippen molar-refractivity contribution in [2.75, 3.05) is 0 Å². The Morgan fingerprint density at radius 2 is 1.27 bits per heavy atom. The number of allylic oxidation sites excluding steroid dienone is 2. The minimum Gasteiger partial charge on any atom is -0.481 e. The van der Waals surface area contributed by atoms with Crippen molar-refractivity contribution in [3.63, 3.8) is 0 Å².